The first-order chi connectivity index (χ1) is 8.97. The lowest BCUT2D eigenvalue weighted by Gasteiger charge is -2.17. The van der Waals surface area contributed by atoms with Crippen molar-refractivity contribution in [3.8, 4) is 5.75 Å². The molecule has 0 aliphatic rings. The average molecular weight is 346 g/mol. The van der Waals surface area contributed by atoms with Gasteiger partial charge in [-0.1, -0.05) is 11.6 Å². The zero-order valence-electron chi connectivity index (χ0n) is 10.0. The number of hydrogen-bond acceptors (Lipinski definition) is 3. The van der Waals surface area contributed by atoms with Gasteiger partial charge >= 0.3 is 0 Å². The summed E-state index contributed by atoms with van der Waals surface area (Å²) in [4.78, 5) is 3.96. The molecular formula is C13H11BrClFN2O. The van der Waals surface area contributed by atoms with E-state index in [1.807, 2.05) is 0 Å². The lowest BCUT2D eigenvalue weighted by Crippen LogP contribution is -2.06. The van der Waals surface area contributed by atoms with Crippen molar-refractivity contribution in [2.24, 2.45) is 0 Å². The summed E-state index contributed by atoms with van der Waals surface area (Å²) in [6.07, 6.45) is 1.13. The lowest BCUT2D eigenvalue weighted by molar-refractivity contribution is 0.227. The predicted octanol–water partition coefficient (Wildman–Crippen LogP) is 4.36. The van der Waals surface area contributed by atoms with E-state index in [4.69, 9.17) is 22.1 Å². The fraction of sp³-hybridized carbons (Fsp3) is 0.154. The maximum absolute atomic E-state index is 13.2. The molecule has 0 spiro atoms. The van der Waals surface area contributed by atoms with Gasteiger partial charge in [-0.25, -0.2) is 9.37 Å². The van der Waals surface area contributed by atoms with Crippen LogP contribution in [0.5, 0.6) is 5.75 Å². The Bertz CT molecular complexity index is 609. The number of anilines is 1. The maximum Gasteiger partial charge on any atom is 0.166 e. The van der Waals surface area contributed by atoms with Crippen molar-refractivity contribution in [2.45, 2.75) is 13.0 Å². The molecule has 0 saturated carbocycles. The van der Waals surface area contributed by atoms with E-state index in [0.29, 0.717) is 16.3 Å². The van der Waals surface area contributed by atoms with Crippen molar-refractivity contribution in [1.29, 1.82) is 0 Å². The van der Waals surface area contributed by atoms with E-state index in [2.05, 4.69) is 20.9 Å². The molecule has 6 heteroatoms. The van der Waals surface area contributed by atoms with Crippen LogP contribution in [0.15, 0.2) is 34.9 Å². The van der Waals surface area contributed by atoms with Crippen LogP contribution < -0.4 is 10.5 Å². The second kappa shape index (κ2) is 5.75. The van der Waals surface area contributed by atoms with Gasteiger partial charge in [-0.15, -0.1) is 0 Å². The van der Waals surface area contributed by atoms with Crippen LogP contribution in [0.1, 0.15) is 18.6 Å². The molecule has 1 aromatic carbocycles. The number of hydrogen-bond donors (Lipinski definition) is 1. The Labute approximate surface area is 123 Å². The fourth-order valence-corrected chi connectivity index (χ4v) is 2.19. The van der Waals surface area contributed by atoms with Gasteiger partial charge in [-0.05, 0) is 47.1 Å². The monoisotopic (exact) mass is 344 g/mol. The van der Waals surface area contributed by atoms with Gasteiger partial charge in [0.2, 0.25) is 0 Å². The number of benzene rings is 1. The van der Waals surface area contributed by atoms with Gasteiger partial charge in [0, 0.05) is 21.3 Å². The number of rotatable bonds is 3. The van der Waals surface area contributed by atoms with E-state index >= 15 is 0 Å². The van der Waals surface area contributed by atoms with Crippen LogP contribution in [0.3, 0.4) is 0 Å². The number of aromatic nitrogens is 1. The third-order valence-corrected chi connectivity index (χ3v) is 3.33. The molecule has 100 valence electrons. The molecule has 2 rings (SSSR count). The Kier molecular flexibility index (Phi) is 4.27. The quantitative estimate of drug-likeness (QED) is 0.899. The average Bonchev–Trinajstić information content (AvgIpc) is 2.36. The van der Waals surface area contributed by atoms with Gasteiger partial charge in [0.15, 0.2) is 11.6 Å². The van der Waals surface area contributed by atoms with Gasteiger partial charge in [0.25, 0.3) is 0 Å². The summed E-state index contributed by atoms with van der Waals surface area (Å²) in [7, 11) is 0. The second-order valence-electron chi connectivity index (χ2n) is 3.96. The van der Waals surface area contributed by atoms with Crippen LogP contribution in [0.2, 0.25) is 5.02 Å². The third kappa shape index (κ3) is 3.36. The third-order valence-electron chi connectivity index (χ3n) is 2.55. The summed E-state index contributed by atoms with van der Waals surface area (Å²) in [5, 5.41) is 0.440. The zero-order chi connectivity index (χ0) is 14.0. The van der Waals surface area contributed by atoms with Crippen molar-refractivity contribution in [3.63, 3.8) is 0 Å². The molecule has 0 radical (unpaired) electrons. The number of halogens is 3. The van der Waals surface area contributed by atoms with Crippen LogP contribution in [-0.4, -0.2) is 4.98 Å². The van der Waals surface area contributed by atoms with Gasteiger partial charge in [0.1, 0.15) is 11.9 Å². The Balaban J connectivity index is 2.27. The summed E-state index contributed by atoms with van der Waals surface area (Å²) in [5.41, 5.74) is 6.28. The van der Waals surface area contributed by atoms with Crippen LogP contribution in [0, 0.1) is 5.82 Å². The van der Waals surface area contributed by atoms with Gasteiger partial charge in [-0.2, -0.15) is 0 Å². The largest absolute Gasteiger partial charge is 0.482 e. The lowest BCUT2D eigenvalue weighted by atomic mass is 10.1. The van der Waals surface area contributed by atoms with Crippen molar-refractivity contribution in [3.05, 3.63) is 51.3 Å². The molecule has 1 unspecified atom stereocenters. The molecule has 0 amide bonds. The molecule has 1 aromatic heterocycles. The molecule has 0 bridgehead atoms. The van der Waals surface area contributed by atoms with Crippen LogP contribution in [-0.2, 0) is 0 Å². The minimum atomic E-state index is -0.443. The standard InChI is InChI=1S/C13H11BrClFN2O/c1-7(10-5-9(16)2-3-11(10)15)19-12-4-8(14)6-18-13(12)17/h2-7H,1H3,(H2,17,18). The molecule has 2 aromatic rings. The van der Waals surface area contributed by atoms with Crippen molar-refractivity contribution >= 4 is 33.3 Å². The van der Waals surface area contributed by atoms with Gasteiger partial charge in [-0.3, -0.25) is 0 Å². The van der Waals surface area contributed by atoms with Crippen molar-refractivity contribution in [1.82, 2.24) is 4.98 Å². The second-order valence-corrected chi connectivity index (χ2v) is 5.29. The van der Waals surface area contributed by atoms with Crippen molar-refractivity contribution in [2.75, 3.05) is 5.73 Å². The molecule has 0 saturated heterocycles. The maximum atomic E-state index is 13.2. The minimum Gasteiger partial charge on any atom is -0.482 e. The first-order valence-electron chi connectivity index (χ1n) is 5.50. The van der Waals surface area contributed by atoms with E-state index in [1.165, 1.54) is 18.2 Å². The summed E-state index contributed by atoms with van der Waals surface area (Å²) in [6, 6.07) is 5.84. The molecule has 19 heavy (non-hydrogen) atoms. The molecule has 1 atom stereocenters. The number of pyridine rings is 1. The van der Waals surface area contributed by atoms with Gasteiger partial charge < -0.3 is 10.5 Å². The van der Waals surface area contributed by atoms with Crippen molar-refractivity contribution < 1.29 is 9.13 Å². The summed E-state index contributed by atoms with van der Waals surface area (Å²) < 4.78 is 19.7. The normalized spacial score (nSPS) is 12.2. The van der Waals surface area contributed by atoms with Crippen LogP contribution in [0.25, 0.3) is 0 Å². The smallest absolute Gasteiger partial charge is 0.166 e. The first-order valence-corrected chi connectivity index (χ1v) is 6.67. The molecule has 1 heterocycles. The summed E-state index contributed by atoms with van der Waals surface area (Å²) in [5.74, 6) is 0.319. The summed E-state index contributed by atoms with van der Waals surface area (Å²) >= 11 is 9.31. The number of nitrogens with zero attached hydrogens (tertiary/aromatic N) is 1. The SMILES string of the molecule is CC(Oc1cc(Br)cnc1N)c1cc(F)ccc1Cl. The molecule has 0 fully saturated rings. The highest BCUT2D eigenvalue weighted by atomic mass is 79.9. The topological polar surface area (TPSA) is 48.1 Å². The molecule has 0 aliphatic heterocycles. The van der Waals surface area contributed by atoms with Crippen LogP contribution >= 0.6 is 27.5 Å². The van der Waals surface area contributed by atoms with E-state index in [0.717, 1.165) is 4.47 Å². The Hall–Kier alpha value is -1.33. The number of nitrogen functional groups attached to an aromatic ring is 1. The highest BCUT2D eigenvalue weighted by Crippen LogP contribution is 2.31. The highest BCUT2D eigenvalue weighted by Gasteiger charge is 2.14. The van der Waals surface area contributed by atoms with E-state index in [9.17, 15) is 4.39 Å². The van der Waals surface area contributed by atoms with Crippen LogP contribution in [0.4, 0.5) is 10.2 Å². The highest BCUT2D eigenvalue weighted by molar-refractivity contribution is 9.10. The van der Waals surface area contributed by atoms with E-state index < -0.39 is 6.10 Å². The number of nitrogens with two attached hydrogens (primary N) is 1. The molecular weight excluding hydrogens is 335 g/mol. The Morgan fingerprint density at radius 1 is 1.42 bits per heavy atom. The summed E-state index contributed by atoms with van der Waals surface area (Å²) in [6.45, 7) is 1.76. The predicted molar refractivity (Wildman–Crippen MR) is 76.8 cm³/mol. The van der Waals surface area contributed by atoms with E-state index in [1.54, 1.807) is 19.2 Å². The van der Waals surface area contributed by atoms with E-state index in [-0.39, 0.29) is 11.6 Å². The molecule has 0 aliphatic carbocycles. The zero-order valence-corrected chi connectivity index (χ0v) is 12.4. The Morgan fingerprint density at radius 3 is 2.89 bits per heavy atom. The molecule has 3 nitrogen and oxygen atoms in total. The Morgan fingerprint density at radius 2 is 2.16 bits per heavy atom. The number of ether oxygens (including phenoxy) is 1. The van der Waals surface area contributed by atoms with Gasteiger partial charge in [0.05, 0.1) is 0 Å². The minimum absolute atomic E-state index is 0.266. The fourth-order valence-electron chi connectivity index (χ4n) is 1.61. The first kappa shape index (κ1) is 14.1. The molecule has 2 N–H and O–H groups in total.